The molecule has 0 aliphatic carbocycles. The zero-order valence-corrected chi connectivity index (χ0v) is 9.94. The van der Waals surface area contributed by atoms with Gasteiger partial charge >= 0.3 is 0 Å². The summed E-state index contributed by atoms with van der Waals surface area (Å²) < 4.78 is 0. The fourth-order valence-electron chi connectivity index (χ4n) is 1.69. The minimum absolute atomic E-state index is 0.143. The molecule has 3 rings (SSSR count). The molecule has 0 atom stereocenters. The molecule has 18 heavy (non-hydrogen) atoms. The van der Waals surface area contributed by atoms with Crippen LogP contribution in [0.4, 0.5) is 11.6 Å². The standard InChI is InChI=1S/C12H9ClN4O/c13-11-12(15-6-14-11)17-9-5-4-7-2-1-3-8(18)10(7)16-9/h1-6,18H,(H,14,15)(H,16,17). The lowest BCUT2D eigenvalue weighted by molar-refractivity contribution is 0.480. The largest absolute Gasteiger partial charge is 0.506 e. The Bertz CT molecular complexity index is 710. The van der Waals surface area contributed by atoms with Crippen molar-refractivity contribution in [2.45, 2.75) is 0 Å². The number of fused-ring (bicyclic) bond motifs is 1. The maximum absolute atomic E-state index is 9.74. The summed E-state index contributed by atoms with van der Waals surface area (Å²) in [6.07, 6.45) is 1.49. The van der Waals surface area contributed by atoms with E-state index >= 15 is 0 Å². The van der Waals surface area contributed by atoms with E-state index in [0.717, 1.165) is 5.39 Å². The van der Waals surface area contributed by atoms with Gasteiger partial charge in [-0.3, -0.25) is 0 Å². The maximum Gasteiger partial charge on any atom is 0.169 e. The average Bonchev–Trinajstić information content (AvgIpc) is 2.76. The highest BCUT2D eigenvalue weighted by Gasteiger charge is 2.06. The Balaban J connectivity index is 2.03. The molecule has 0 radical (unpaired) electrons. The lowest BCUT2D eigenvalue weighted by Crippen LogP contribution is -1.94. The Kier molecular flexibility index (Phi) is 2.53. The molecule has 0 amide bonds. The number of hydrogen-bond acceptors (Lipinski definition) is 4. The Morgan fingerprint density at radius 1 is 1.22 bits per heavy atom. The number of nitrogens with one attached hydrogen (secondary N) is 2. The van der Waals surface area contributed by atoms with Crippen LogP contribution in [-0.2, 0) is 0 Å². The molecule has 6 heteroatoms. The minimum atomic E-state index is 0.143. The number of para-hydroxylation sites is 1. The number of H-pyrrole nitrogens is 1. The zero-order chi connectivity index (χ0) is 12.5. The number of aromatic hydroxyl groups is 1. The summed E-state index contributed by atoms with van der Waals surface area (Å²) in [6, 6.07) is 8.92. The third-order valence-electron chi connectivity index (χ3n) is 2.54. The van der Waals surface area contributed by atoms with Crippen molar-refractivity contribution >= 4 is 34.1 Å². The Hall–Kier alpha value is -2.27. The van der Waals surface area contributed by atoms with Crippen molar-refractivity contribution < 1.29 is 5.11 Å². The lowest BCUT2D eigenvalue weighted by atomic mass is 10.2. The first kappa shape index (κ1) is 10.9. The number of benzene rings is 1. The number of aromatic nitrogens is 3. The van der Waals surface area contributed by atoms with Crippen LogP contribution in [0.3, 0.4) is 0 Å². The van der Waals surface area contributed by atoms with Crippen molar-refractivity contribution in [3.8, 4) is 5.75 Å². The van der Waals surface area contributed by atoms with Gasteiger partial charge in [0.05, 0.1) is 6.33 Å². The van der Waals surface area contributed by atoms with Crippen molar-refractivity contribution in [3.05, 3.63) is 41.8 Å². The average molecular weight is 261 g/mol. The van der Waals surface area contributed by atoms with Gasteiger partial charge in [0.2, 0.25) is 0 Å². The first-order valence-electron chi connectivity index (χ1n) is 5.28. The van der Waals surface area contributed by atoms with Gasteiger partial charge in [-0.05, 0) is 18.2 Å². The second kappa shape index (κ2) is 4.19. The van der Waals surface area contributed by atoms with Gasteiger partial charge in [0.25, 0.3) is 0 Å². The van der Waals surface area contributed by atoms with Crippen molar-refractivity contribution in [1.29, 1.82) is 0 Å². The van der Waals surface area contributed by atoms with Gasteiger partial charge in [0.1, 0.15) is 17.1 Å². The number of nitrogens with zero attached hydrogens (tertiary/aromatic N) is 2. The Morgan fingerprint density at radius 3 is 2.89 bits per heavy atom. The molecule has 2 aromatic heterocycles. The molecule has 0 aliphatic rings. The topological polar surface area (TPSA) is 73.8 Å². The second-order valence-corrected chi connectivity index (χ2v) is 4.11. The predicted molar refractivity (Wildman–Crippen MR) is 70.3 cm³/mol. The molecule has 5 nitrogen and oxygen atoms in total. The maximum atomic E-state index is 9.74. The first-order valence-corrected chi connectivity index (χ1v) is 5.66. The van der Waals surface area contributed by atoms with E-state index in [0.29, 0.717) is 22.3 Å². The molecule has 0 saturated carbocycles. The fourth-order valence-corrected chi connectivity index (χ4v) is 1.83. The van der Waals surface area contributed by atoms with Crippen LogP contribution >= 0.6 is 11.6 Å². The quantitative estimate of drug-likeness (QED) is 0.662. The summed E-state index contributed by atoms with van der Waals surface area (Å²) in [6.45, 7) is 0. The number of phenolic OH excluding ortho intramolecular Hbond substituents is 1. The molecule has 3 N–H and O–H groups in total. The van der Waals surface area contributed by atoms with E-state index in [1.807, 2.05) is 12.1 Å². The van der Waals surface area contributed by atoms with Gasteiger partial charge in [-0.1, -0.05) is 23.7 Å². The number of anilines is 2. The molecule has 0 saturated heterocycles. The van der Waals surface area contributed by atoms with Crippen LogP contribution in [0.1, 0.15) is 0 Å². The van der Waals surface area contributed by atoms with Gasteiger partial charge in [-0.25, -0.2) is 9.97 Å². The van der Waals surface area contributed by atoms with E-state index < -0.39 is 0 Å². The SMILES string of the molecule is Oc1cccc2ccc(Nc3nc[nH]c3Cl)nc12. The molecule has 2 heterocycles. The van der Waals surface area contributed by atoms with Crippen molar-refractivity contribution in [3.63, 3.8) is 0 Å². The molecule has 0 spiro atoms. The first-order chi connectivity index (χ1) is 8.74. The summed E-state index contributed by atoms with van der Waals surface area (Å²) in [5.74, 6) is 1.21. The highest BCUT2D eigenvalue weighted by atomic mass is 35.5. The Labute approximate surface area is 107 Å². The number of pyridine rings is 1. The highest BCUT2D eigenvalue weighted by molar-refractivity contribution is 6.31. The predicted octanol–water partition coefficient (Wildman–Crippen LogP) is 3.06. The monoisotopic (exact) mass is 260 g/mol. The molecule has 0 unspecified atom stereocenters. The number of phenols is 1. The van der Waals surface area contributed by atoms with Gasteiger partial charge in [-0.15, -0.1) is 0 Å². The van der Waals surface area contributed by atoms with Crippen LogP contribution in [0.15, 0.2) is 36.7 Å². The normalized spacial score (nSPS) is 10.7. The van der Waals surface area contributed by atoms with E-state index in [-0.39, 0.29) is 5.75 Å². The van der Waals surface area contributed by atoms with Gasteiger partial charge in [0.15, 0.2) is 11.0 Å². The smallest absolute Gasteiger partial charge is 0.169 e. The molecular weight excluding hydrogens is 252 g/mol. The zero-order valence-electron chi connectivity index (χ0n) is 9.18. The third-order valence-corrected chi connectivity index (χ3v) is 2.83. The molecule has 0 aliphatic heterocycles. The number of halogens is 1. The van der Waals surface area contributed by atoms with Gasteiger partial charge < -0.3 is 15.4 Å². The summed E-state index contributed by atoms with van der Waals surface area (Å²) in [5, 5.41) is 14.0. The van der Waals surface area contributed by atoms with Crippen LogP contribution in [0, 0.1) is 0 Å². The molecular formula is C12H9ClN4O. The number of imidazole rings is 1. The number of aromatic amines is 1. The van der Waals surface area contributed by atoms with Gasteiger partial charge in [-0.2, -0.15) is 0 Å². The summed E-state index contributed by atoms with van der Waals surface area (Å²) in [5.41, 5.74) is 0.536. The fraction of sp³-hybridized carbons (Fsp3) is 0. The van der Waals surface area contributed by atoms with Crippen LogP contribution < -0.4 is 5.32 Å². The van der Waals surface area contributed by atoms with E-state index in [1.165, 1.54) is 6.33 Å². The van der Waals surface area contributed by atoms with Gasteiger partial charge in [0, 0.05) is 5.39 Å². The molecule has 0 bridgehead atoms. The van der Waals surface area contributed by atoms with Crippen LogP contribution in [0.2, 0.25) is 5.15 Å². The van der Waals surface area contributed by atoms with Crippen LogP contribution in [0.5, 0.6) is 5.75 Å². The molecule has 1 aromatic carbocycles. The van der Waals surface area contributed by atoms with Crippen molar-refractivity contribution in [2.75, 3.05) is 5.32 Å². The summed E-state index contributed by atoms with van der Waals surface area (Å²) >= 11 is 5.88. The summed E-state index contributed by atoms with van der Waals surface area (Å²) in [4.78, 5) is 11.1. The number of hydrogen-bond donors (Lipinski definition) is 3. The van der Waals surface area contributed by atoms with Crippen molar-refractivity contribution in [1.82, 2.24) is 15.0 Å². The summed E-state index contributed by atoms with van der Waals surface area (Å²) in [7, 11) is 0. The Morgan fingerprint density at radius 2 is 2.11 bits per heavy atom. The third kappa shape index (κ3) is 1.84. The lowest BCUT2D eigenvalue weighted by Gasteiger charge is -2.05. The highest BCUT2D eigenvalue weighted by Crippen LogP contribution is 2.26. The minimum Gasteiger partial charge on any atom is -0.506 e. The van der Waals surface area contributed by atoms with E-state index in [4.69, 9.17) is 11.6 Å². The molecule has 0 fully saturated rings. The van der Waals surface area contributed by atoms with E-state index in [1.54, 1.807) is 18.2 Å². The second-order valence-electron chi connectivity index (χ2n) is 3.74. The van der Waals surface area contributed by atoms with Crippen LogP contribution in [0.25, 0.3) is 10.9 Å². The molecule has 90 valence electrons. The van der Waals surface area contributed by atoms with Crippen molar-refractivity contribution in [2.24, 2.45) is 0 Å². The number of rotatable bonds is 2. The van der Waals surface area contributed by atoms with E-state index in [2.05, 4.69) is 20.3 Å². The molecule has 3 aromatic rings. The van der Waals surface area contributed by atoms with Crippen LogP contribution in [-0.4, -0.2) is 20.1 Å². The van der Waals surface area contributed by atoms with E-state index in [9.17, 15) is 5.11 Å².